The van der Waals surface area contributed by atoms with Crippen LogP contribution < -0.4 is 5.32 Å². The first-order chi connectivity index (χ1) is 11.2. The van der Waals surface area contributed by atoms with Gasteiger partial charge in [0.1, 0.15) is 0 Å². The average molecular weight is 316 g/mol. The van der Waals surface area contributed by atoms with Gasteiger partial charge in [0.2, 0.25) is 5.91 Å². The molecule has 5 nitrogen and oxygen atoms in total. The Hall–Kier alpha value is -1.46. The molecule has 1 saturated heterocycles. The first-order valence-corrected chi connectivity index (χ1v) is 8.84. The fraction of sp³-hybridized carbons (Fsp3) is 0.667. The molecule has 2 aliphatic rings. The van der Waals surface area contributed by atoms with E-state index in [0.29, 0.717) is 18.6 Å². The summed E-state index contributed by atoms with van der Waals surface area (Å²) in [6, 6.07) is 6.96. The second-order valence-corrected chi connectivity index (χ2v) is 6.80. The molecule has 0 radical (unpaired) electrons. The van der Waals surface area contributed by atoms with Gasteiger partial charge in [-0.3, -0.25) is 14.7 Å². The van der Waals surface area contributed by atoms with Crippen LogP contribution in [0.3, 0.4) is 0 Å². The van der Waals surface area contributed by atoms with Crippen LogP contribution in [0.2, 0.25) is 0 Å². The molecule has 1 amide bonds. The van der Waals surface area contributed by atoms with Crippen molar-refractivity contribution in [2.24, 2.45) is 0 Å². The molecule has 1 aromatic rings. The lowest BCUT2D eigenvalue weighted by atomic mass is 10.1. The van der Waals surface area contributed by atoms with E-state index in [9.17, 15) is 4.79 Å². The van der Waals surface area contributed by atoms with Gasteiger partial charge >= 0.3 is 0 Å². The molecule has 1 atom stereocenters. The summed E-state index contributed by atoms with van der Waals surface area (Å²) in [5.74, 6) is 0.251. The van der Waals surface area contributed by atoms with Crippen molar-refractivity contribution in [3.8, 4) is 0 Å². The number of pyridine rings is 1. The van der Waals surface area contributed by atoms with Crippen molar-refractivity contribution in [3.05, 3.63) is 30.1 Å². The predicted octanol–water partition coefficient (Wildman–Crippen LogP) is 1.65. The summed E-state index contributed by atoms with van der Waals surface area (Å²) >= 11 is 0. The minimum Gasteiger partial charge on any atom is -0.342 e. The van der Waals surface area contributed by atoms with Crippen molar-refractivity contribution in [3.63, 3.8) is 0 Å². The zero-order valence-corrected chi connectivity index (χ0v) is 14.1. The first-order valence-electron chi connectivity index (χ1n) is 8.84. The van der Waals surface area contributed by atoms with Crippen LogP contribution in [0.5, 0.6) is 0 Å². The van der Waals surface area contributed by atoms with Crippen LogP contribution in [0.4, 0.5) is 0 Å². The number of amides is 1. The normalized spacial score (nSPS) is 21.9. The molecule has 0 bridgehead atoms. The zero-order valence-electron chi connectivity index (χ0n) is 14.1. The maximum atomic E-state index is 12.6. The minimum absolute atomic E-state index is 0.251. The Balaban J connectivity index is 1.67. The highest BCUT2D eigenvalue weighted by Gasteiger charge is 2.31. The molecule has 23 heavy (non-hydrogen) atoms. The number of hydrogen-bond acceptors (Lipinski definition) is 4. The van der Waals surface area contributed by atoms with Crippen molar-refractivity contribution in [1.29, 1.82) is 0 Å². The third kappa shape index (κ3) is 4.75. The maximum absolute atomic E-state index is 12.6. The quantitative estimate of drug-likeness (QED) is 0.867. The first kappa shape index (κ1) is 16.4. The molecule has 1 aliphatic carbocycles. The largest absolute Gasteiger partial charge is 0.342 e. The van der Waals surface area contributed by atoms with Gasteiger partial charge in [0, 0.05) is 31.9 Å². The van der Waals surface area contributed by atoms with Crippen molar-refractivity contribution < 1.29 is 4.79 Å². The second-order valence-electron chi connectivity index (χ2n) is 6.80. The number of nitrogens with one attached hydrogen (secondary N) is 1. The highest BCUT2D eigenvalue weighted by molar-refractivity contribution is 5.78. The van der Waals surface area contributed by atoms with Gasteiger partial charge in [0.15, 0.2) is 0 Å². The van der Waals surface area contributed by atoms with E-state index in [1.54, 1.807) is 0 Å². The maximum Gasteiger partial charge on any atom is 0.236 e. The summed E-state index contributed by atoms with van der Waals surface area (Å²) < 4.78 is 0. The van der Waals surface area contributed by atoms with E-state index in [1.807, 2.05) is 30.3 Å². The van der Waals surface area contributed by atoms with Gasteiger partial charge < -0.3 is 10.2 Å². The lowest BCUT2D eigenvalue weighted by Crippen LogP contribution is -2.44. The van der Waals surface area contributed by atoms with Crippen LogP contribution in [0.15, 0.2) is 24.4 Å². The monoisotopic (exact) mass is 316 g/mol. The van der Waals surface area contributed by atoms with Crippen LogP contribution in [-0.4, -0.2) is 59.5 Å². The van der Waals surface area contributed by atoms with Crippen LogP contribution >= 0.6 is 0 Å². The average Bonchev–Trinajstić information content (AvgIpc) is 3.41. The zero-order chi connectivity index (χ0) is 16.1. The number of likely N-dealkylation sites (N-methyl/N-ethyl adjacent to an activating group) is 1. The fourth-order valence-electron chi connectivity index (χ4n) is 3.33. The Morgan fingerprint density at radius 3 is 2.83 bits per heavy atom. The molecule has 1 aromatic heterocycles. The summed E-state index contributed by atoms with van der Waals surface area (Å²) in [6.45, 7) is 3.39. The van der Waals surface area contributed by atoms with Gasteiger partial charge in [-0.25, -0.2) is 0 Å². The molecule has 1 aliphatic heterocycles. The fourth-order valence-corrected chi connectivity index (χ4v) is 3.33. The number of nitrogens with zero attached hydrogens (tertiary/aromatic N) is 3. The second kappa shape index (κ2) is 7.88. The highest BCUT2D eigenvalue weighted by Crippen LogP contribution is 2.26. The molecule has 126 valence electrons. The van der Waals surface area contributed by atoms with E-state index in [1.165, 1.54) is 6.42 Å². The van der Waals surface area contributed by atoms with E-state index in [-0.39, 0.29) is 5.91 Å². The van der Waals surface area contributed by atoms with Gasteiger partial charge in [-0.15, -0.1) is 0 Å². The lowest BCUT2D eigenvalue weighted by Gasteiger charge is -2.31. The number of hydrogen-bond donors (Lipinski definition) is 1. The van der Waals surface area contributed by atoms with E-state index in [0.717, 1.165) is 51.0 Å². The molecule has 5 heteroatoms. The predicted molar refractivity (Wildman–Crippen MR) is 90.9 cm³/mol. The number of carbonyl (C=O) groups is 1. The molecular weight excluding hydrogens is 288 g/mol. The summed E-state index contributed by atoms with van der Waals surface area (Å²) in [5, 5.41) is 3.46. The smallest absolute Gasteiger partial charge is 0.236 e. The summed E-state index contributed by atoms with van der Waals surface area (Å²) in [5.41, 5.74) is 1.05. The van der Waals surface area contributed by atoms with E-state index >= 15 is 0 Å². The third-order valence-electron chi connectivity index (χ3n) is 4.98. The number of rotatable bonds is 6. The van der Waals surface area contributed by atoms with Gasteiger partial charge in [0.05, 0.1) is 12.2 Å². The standard InChI is InChI=1S/C18H28N4O/c1-21(16-7-8-16)18(23)14-22(13-15-5-2-3-11-20-15)17-6-4-10-19-12-9-17/h2-3,5,11,16-17,19H,4,6-10,12-14H2,1H3. The topological polar surface area (TPSA) is 48.5 Å². The SMILES string of the molecule is CN(C(=O)CN(Cc1ccccn1)C1CCCNCC1)C1CC1. The van der Waals surface area contributed by atoms with Crippen molar-refractivity contribution in [2.75, 3.05) is 26.7 Å². The molecule has 1 N–H and O–H groups in total. The Labute approximate surface area is 139 Å². The van der Waals surface area contributed by atoms with E-state index in [4.69, 9.17) is 0 Å². The summed E-state index contributed by atoms with van der Waals surface area (Å²) in [4.78, 5) is 21.3. The van der Waals surface area contributed by atoms with Crippen LogP contribution in [0.25, 0.3) is 0 Å². The molecule has 1 saturated carbocycles. The molecule has 3 rings (SSSR count). The van der Waals surface area contributed by atoms with Crippen molar-refractivity contribution >= 4 is 5.91 Å². The highest BCUT2D eigenvalue weighted by atomic mass is 16.2. The van der Waals surface area contributed by atoms with Crippen molar-refractivity contribution in [2.45, 2.75) is 50.7 Å². The van der Waals surface area contributed by atoms with Gasteiger partial charge in [-0.1, -0.05) is 6.07 Å². The molecule has 0 spiro atoms. The van der Waals surface area contributed by atoms with E-state index in [2.05, 4.69) is 21.3 Å². The van der Waals surface area contributed by atoms with Crippen molar-refractivity contribution in [1.82, 2.24) is 20.1 Å². The van der Waals surface area contributed by atoms with Gasteiger partial charge in [0.25, 0.3) is 0 Å². The lowest BCUT2D eigenvalue weighted by molar-refractivity contribution is -0.132. The Morgan fingerprint density at radius 2 is 2.09 bits per heavy atom. The molecule has 0 aromatic carbocycles. The molecule has 2 fully saturated rings. The molecule has 2 heterocycles. The van der Waals surface area contributed by atoms with Crippen LogP contribution in [0.1, 0.15) is 37.8 Å². The summed E-state index contributed by atoms with van der Waals surface area (Å²) in [6.07, 6.45) is 7.59. The minimum atomic E-state index is 0.251. The molecular formula is C18H28N4O. The van der Waals surface area contributed by atoms with Gasteiger partial charge in [-0.05, 0) is 57.3 Å². The van der Waals surface area contributed by atoms with Gasteiger partial charge in [-0.2, -0.15) is 0 Å². The number of carbonyl (C=O) groups excluding carboxylic acids is 1. The molecule has 1 unspecified atom stereocenters. The Morgan fingerprint density at radius 1 is 1.22 bits per heavy atom. The Bertz CT molecular complexity index is 495. The Kier molecular flexibility index (Phi) is 5.62. The van der Waals surface area contributed by atoms with Crippen LogP contribution in [-0.2, 0) is 11.3 Å². The number of aromatic nitrogens is 1. The summed E-state index contributed by atoms with van der Waals surface area (Å²) in [7, 11) is 1.95. The third-order valence-corrected chi connectivity index (χ3v) is 4.98. The van der Waals surface area contributed by atoms with E-state index < -0.39 is 0 Å². The van der Waals surface area contributed by atoms with Crippen LogP contribution in [0, 0.1) is 0 Å².